The quantitative estimate of drug-likeness (QED) is 0.703. The van der Waals surface area contributed by atoms with Crippen LogP contribution >= 0.6 is 11.8 Å². The number of rotatable bonds is 6. The molecule has 140 valence electrons. The van der Waals surface area contributed by atoms with Gasteiger partial charge in [-0.15, -0.1) is 0 Å². The first-order valence-electron chi connectivity index (χ1n) is 8.70. The average molecular weight is 382 g/mol. The highest BCUT2D eigenvalue weighted by Gasteiger charge is 2.29. The third kappa shape index (κ3) is 4.52. The molecule has 1 amide bonds. The van der Waals surface area contributed by atoms with Gasteiger partial charge in [-0.05, 0) is 48.0 Å². The molecule has 5 nitrogen and oxygen atoms in total. The van der Waals surface area contributed by atoms with Crippen LogP contribution in [0.15, 0.2) is 58.4 Å². The van der Waals surface area contributed by atoms with Crippen molar-refractivity contribution >= 4 is 28.9 Å². The van der Waals surface area contributed by atoms with Gasteiger partial charge in [0.25, 0.3) is 5.91 Å². The first kappa shape index (κ1) is 19.0. The molecule has 1 heterocycles. The fourth-order valence-corrected chi connectivity index (χ4v) is 3.57. The third-order valence-electron chi connectivity index (χ3n) is 4.00. The van der Waals surface area contributed by atoms with Gasteiger partial charge in [-0.3, -0.25) is 14.7 Å². The van der Waals surface area contributed by atoms with Crippen LogP contribution < -0.4 is 9.47 Å². The van der Waals surface area contributed by atoms with Gasteiger partial charge in [0.2, 0.25) is 0 Å². The maximum Gasteiger partial charge on any atom is 0.266 e. The Morgan fingerprint density at radius 2 is 1.89 bits per heavy atom. The highest BCUT2D eigenvalue weighted by Crippen LogP contribution is 2.34. The van der Waals surface area contributed by atoms with E-state index < -0.39 is 0 Å². The minimum atomic E-state index is -0.0528. The van der Waals surface area contributed by atoms with Gasteiger partial charge >= 0.3 is 0 Å². The summed E-state index contributed by atoms with van der Waals surface area (Å²) in [4.78, 5) is 18.6. The molecule has 1 aliphatic heterocycles. The summed E-state index contributed by atoms with van der Waals surface area (Å²) in [5.74, 6) is 1.29. The summed E-state index contributed by atoms with van der Waals surface area (Å²) in [5, 5.41) is 0.694. The lowest BCUT2D eigenvalue weighted by atomic mass is 10.1. The van der Waals surface area contributed by atoms with Gasteiger partial charge in [-0.2, -0.15) is 0 Å². The second kappa shape index (κ2) is 8.77. The second-order valence-corrected chi connectivity index (χ2v) is 6.90. The van der Waals surface area contributed by atoms with Crippen LogP contribution in [0.3, 0.4) is 0 Å². The number of carbonyl (C=O) groups is 1. The van der Waals surface area contributed by atoms with E-state index in [1.165, 1.54) is 11.8 Å². The number of aliphatic imine (C=N–C) groups is 1. The van der Waals surface area contributed by atoms with Crippen LogP contribution in [0.2, 0.25) is 0 Å². The third-order valence-corrected chi connectivity index (χ3v) is 5.15. The molecule has 2 aromatic carbocycles. The van der Waals surface area contributed by atoms with Crippen LogP contribution in [0.4, 0.5) is 0 Å². The van der Waals surface area contributed by atoms with Gasteiger partial charge in [0.15, 0.2) is 16.7 Å². The Bertz CT molecular complexity index is 878. The number of nitrogens with zero attached hydrogens (tertiary/aromatic N) is 2. The van der Waals surface area contributed by atoms with Gasteiger partial charge in [-0.25, -0.2) is 0 Å². The molecule has 0 aliphatic carbocycles. The number of thioether (sulfide) groups is 1. The first-order chi connectivity index (χ1) is 13.1. The molecular weight excluding hydrogens is 360 g/mol. The summed E-state index contributed by atoms with van der Waals surface area (Å²) in [6, 6.07) is 15.7. The Kier molecular flexibility index (Phi) is 6.19. The Balaban J connectivity index is 1.81. The van der Waals surface area contributed by atoms with E-state index in [9.17, 15) is 4.79 Å². The Labute approximate surface area is 163 Å². The number of likely N-dealkylation sites (N-methyl/N-ethyl adjacent to an activating group) is 1. The number of amides is 1. The zero-order valence-corrected chi connectivity index (χ0v) is 16.5. The van der Waals surface area contributed by atoms with E-state index in [1.54, 1.807) is 19.0 Å². The predicted octanol–water partition coefficient (Wildman–Crippen LogP) is 4.20. The van der Waals surface area contributed by atoms with Crippen LogP contribution in [-0.4, -0.2) is 36.7 Å². The van der Waals surface area contributed by atoms with Crippen molar-refractivity contribution < 1.29 is 14.3 Å². The van der Waals surface area contributed by atoms with Crippen molar-refractivity contribution in [1.29, 1.82) is 0 Å². The van der Waals surface area contributed by atoms with Gasteiger partial charge in [0.05, 0.1) is 11.5 Å². The van der Waals surface area contributed by atoms with E-state index in [-0.39, 0.29) is 5.91 Å². The molecule has 0 unspecified atom stereocenters. The van der Waals surface area contributed by atoms with E-state index in [4.69, 9.17) is 9.47 Å². The van der Waals surface area contributed by atoms with Crippen molar-refractivity contribution in [3.8, 4) is 11.5 Å². The fraction of sp³-hybridized carbons (Fsp3) is 0.238. The second-order valence-electron chi connectivity index (χ2n) is 5.89. The van der Waals surface area contributed by atoms with Crippen molar-refractivity contribution in [3.05, 3.63) is 64.6 Å². The summed E-state index contributed by atoms with van der Waals surface area (Å²) < 4.78 is 11.7. The van der Waals surface area contributed by atoms with E-state index in [0.29, 0.717) is 34.8 Å². The standard InChI is InChI=1S/C21H22N2O3S/c1-4-25-18-12-16(13-19-20(24)23(3)21(22-2)27-19)10-11-17(18)26-14-15-8-6-5-7-9-15/h5-13H,4,14H2,1-3H3/b19-13+,22-21?. The molecule has 0 atom stereocenters. The summed E-state index contributed by atoms with van der Waals surface area (Å²) in [5.41, 5.74) is 1.97. The molecule has 0 spiro atoms. The van der Waals surface area contributed by atoms with Crippen LogP contribution in [-0.2, 0) is 11.4 Å². The molecule has 2 aromatic rings. The molecular formula is C21H22N2O3S. The zero-order chi connectivity index (χ0) is 19.2. The van der Waals surface area contributed by atoms with Gasteiger partial charge in [-0.1, -0.05) is 36.4 Å². The van der Waals surface area contributed by atoms with E-state index in [0.717, 1.165) is 11.1 Å². The maximum atomic E-state index is 12.3. The lowest BCUT2D eigenvalue weighted by molar-refractivity contribution is -0.121. The molecule has 27 heavy (non-hydrogen) atoms. The fourth-order valence-electron chi connectivity index (χ4n) is 2.64. The highest BCUT2D eigenvalue weighted by molar-refractivity contribution is 8.18. The molecule has 1 fully saturated rings. The number of hydrogen-bond donors (Lipinski definition) is 0. The average Bonchev–Trinajstić information content (AvgIpc) is 2.96. The smallest absolute Gasteiger partial charge is 0.266 e. The Morgan fingerprint density at radius 3 is 2.56 bits per heavy atom. The lowest BCUT2D eigenvalue weighted by Crippen LogP contribution is -2.23. The summed E-state index contributed by atoms with van der Waals surface area (Å²) in [6.07, 6.45) is 1.85. The molecule has 0 radical (unpaired) electrons. The van der Waals surface area contributed by atoms with Gasteiger partial charge in [0.1, 0.15) is 6.61 Å². The molecule has 0 saturated carbocycles. The molecule has 0 aromatic heterocycles. The Hall–Kier alpha value is -2.73. The highest BCUT2D eigenvalue weighted by atomic mass is 32.2. The van der Waals surface area contributed by atoms with Crippen LogP contribution in [0.25, 0.3) is 6.08 Å². The maximum absolute atomic E-state index is 12.3. The summed E-state index contributed by atoms with van der Waals surface area (Å²) in [6.45, 7) is 2.93. The number of ether oxygens (including phenoxy) is 2. The molecule has 1 saturated heterocycles. The van der Waals surface area contributed by atoms with Gasteiger partial charge < -0.3 is 9.47 Å². The van der Waals surface area contributed by atoms with Crippen molar-refractivity contribution in [2.75, 3.05) is 20.7 Å². The zero-order valence-electron chi connectivity index (χ0n) is 15.6. The normalized spacial score (nSPS) is 17.0. The Morgan fingerprint density at radius 1 is 1.11 bits per heavy atom. The SMILES string of the molecule is CCOc1cc(/C=C2/SC(=NC)N(C)C2=O)ccc1OCc1ccccc1. The first-order valence-corrected chi connectivity index (χ1v) is 9.52. The van der Waals surface area contributed by atoms with Crippen LogP contribution in [0.5, 0.6) is 11.5 Å². The number of amidine groups is 1. The molecule has 3 rings (SSSR count). The molecule has 0 N–H and O–H groups in total. The molecule has 0 bridgehead atoms. The number of hydrogen-bond acceptors (Lipinski definition) is 5. The van der Waals surface area contributed by atoms with Crippen molar-refractivity contribution in [2.24, 2.45) is 4.99 Å². The van der Waals surface area contributed by atoms with E-state index >= 15 is 0 Å². The number of benzene rings is 2. The van der Waals surface area contributed by atoms with E-state index in [2.05, 4.69) is 4.99 Å². The minimum absolute atomic E-state index is 0.0528. The van der Waals surface area contributed by atoms with Crippen molar-refractivity contribution in [2.45, 2.75) is 13.5 Å². The summed E-state index contributed by atoms with van der Waals surface area (Å²) in [7, 11) is 3.41. The lowest BCUT2D eigenvalue weighted by Gasteiger charge is -2.13. The molecule has 1 aliphatic rings. The number of carbonyl (C=O) groups excluding carboxylic acids is 1. The van der Waals surface area contributed by atoms with E-state index in [1.807, 2.05) is 61.5 Å². The van der Waals surface area contributed by atoms with Crippen molar-refractivity contribution in [1.82, 2.24) is 4.90 Å². The summed E-state index contributed by atoms with van der Waals surface area (Å²) >= 11 is 1.37. The van der Waals surface area contributed by atoms with Crippen molar-refractivity contribution in [3.63, 3.8) is 0 Å². The minimum Gasteiger partial charge on any atom is -0.490 e. The van der Waals surface area contributed by atoms with Gasteiger partial charge in [0, 0.05) is 14.1 Å². The molecule has 6 heteroatoms. The van der Waals surface area contributed by atoms with Crippen LogP contribution in [0, 0.1) is 0 Å². The largest absolute Gasteiger partial charge is 0.490 e. The predicted molar refractivity (Wildman–Crippen MR) is 110 cm³/mol. The monoisotopic (exact) mass is 382 g/mol. The van der Waals surface area contributed by atoms with Crippen LogP contribution in [0.1, 0.15) is 18.1 Å². The topological polar surface area (TPSA) is 51.1 Å².